The van der Waals surface area contributed by atoms with E-state index in [0.29, 0.717) is 0 Å². The quantitative estimate of drug-likeness (QED) is 0.529. The molecule has 2 N–H and O–H groups in total. The molecule has 0 aliphatic carbocycles. The van der Waals surface area contributed by atoms with E-state index in [1.54, 1.807) is 0 Å². The van der Waals surface area contributed by atoms with Crippen molar-refractivity contribution in [1.29, 1.82) is 0 Å². The van der Waals surface area contributed by atoms with Crippen LogP contribution in [0.15, 0.2) is 0 Å². The molecule has 1 aliphatic heterocycles. The second kappa shape index (κ2) is 4.64. The van der Waals surface area contributed by atoms with E-state index < -0.39 is 0 Å². The zero-order valence-electron chi connectivity index (χ0n) is 8.38. The van der Waals surface area contributed by atoms with Gasteiger partial charge in [-0.15, -0.1) is 12.3 Å². The number of unbranched alkanes of at least 4 members (excludes halogenated alkanes) is 1. The van der Waals surface area contributed by atoms with Crippen LogP contribution in [0.1, 0.15) is 39.0 Å². The smallest absolute Gasteiger partial charge is 0.0805 e. The van der Waals surface area contributed by atoms with Crippen LogP contribution in [-0.2, 0) is 4.74 Å². The molecular formula is C11H19NO. The minimum absolute atomic E-state index is 0.0887. The average molecular weight is 181 g/mol. The second-order valence-corrected chi connectivity index (χ2v) is 3.97. The van der Waals surface area contributed by atoms with Gasteiger partial charge in [0.1, 0.15) is 0 Å². The summed E-state index contributed by atoms with van der Waals surface area (Å²) in [6.45, 7) is 2.97. The molecular weight excluding hydrogens is 162 g/mol. The molecule has 0 spiro atoms. The Balaban J connectivity index is 2.29. The Morgan fingerprint density at radius 1 is 1.69 bits per heavy atom. The van der Waals surface area contributed by atoms with Crippen LogP contribution in [0.4, 0.5) is 0 Å². The van der Waals surface area contributed by atoms with Gasteiger partial charge in [0, 0.05) is 19.1 Å². The van der Waals surface area contributed by atoms with Crippen molar-refractivity contribution in [3.63, 3.8) is 0 Å². The fourth-order valence-electron chi connectivity index (χ4n) is 1.82. The molecule has 2 nitrogen and oxygen atoms in total. The molecule has 1 saturated heterocycles. The van der Waals surface area contributed by atoms with Crippen LogP contribution in [0.3, 0.4) is 0 Å². The SMILES string of the molecule is C#CCCCC(N)C1(C)CCCO1. The van der Waals surface area contributed by atoms with Crippen molar-refractivity contribution in [3.05, 3.63) is 0 Å². The number of terminal acetylenes is 1. The lowest BCUT2D eigenvalue weighted by molar-refractivity contribution is -0.00341. The van der Waals surface area contributed by atoms with Crippen LogP contribution in [0.5, 0.6) is 0 Å². The maximum absolute atomic E-state index is 6.06. The summed E-state index contributed by atoms with van der Waals surface area (Å²) >= 11 is 0. The first-order valence-electron chi connectivity index (χ1n) is 5.02. The summed E-state index contributed by atoms with van der Waals surface area (Å²) in [7, 11) is 0. The van der Waals surface area contributed by atoms with Crippen molar-refractivity contribution in [2.24, 2.45) is 5.73 Å². The Labute approximate surface area is 80.8 Å². The lowest BCUT2D eigenvalue weighted by atomic mass is 9.90. The number of nitrogens with two attached hydrogens (primary N) is 1. The van der Waals surface area contributed by atoms with Gasteiger partial charge in [0.15, 0.2) is 0 Å². The first-order valence-corrected chi connectivity index (χ1v) is 5.02. The molecule has 0 bridgehead atoms. The van der Waals surface area contributed by atoms with Gasteiger partial charge in [0.2, 0.25) is 0 Å². The fourth-order valence-corrected chi connectivity index (χ4v) is 1.82. The lowest BCUT2D eigenvalue weighted by Crippen LogP contribution is -2.44. The fraction of sp³-hybridized carbons (Fsp3) is 0.818. The van der Waals surface area contributed by atoms with Crippen LogP contribution in [-0.4, -0.2) is 18.2 Å². The third kappa shape index (κ3) is 2.72. The number of rotatable bonds is 4. The molecule has 2 heteroatoms. The van der Waals surface area contributed by atoms with E-state index in [1.807, 2.05) is 0 Å². The molecule has 0 aromatic rings. The monoisotopic (exact) mass is 181 g/mol. The number of hydrogen-bond acceptors (Lipinski definition) is 2. The summed E-state index contributed by atoms with van der Waals surface area (Å²) in [5.74, 6) is 2.63. The summed E-state index contributed by atoms with van der Waals surface area (Å²) in [4.78, 5) is 0. The molecule has 0 aromatic carbocycles. The van der Waals surface area contributed by atoms with Gasteiger partial charge in [-0.2, -0.15) is 0 Å². The van der Waals surface area contributed by atoms with E-state index >= 15 is 0 Å². The molecule has 2 unspecified atom stereocenters. The molecule has 0 amide bonds. The third-order valence-electron chi connectivity index (χ3n) is 2.87. The summed E-state index contributed by atoms with van der Waals surface area (Å²) in [6, 6.07) is 0.142. The van der Waals surface area contributed by atoms with Crippen LogP contribution >= 0.6 is 0 Å². The highest BCUT2D eigenvalue weighted by Crippen LogP contribution is 2.29. The van der Waals surface area contributed by atoms with Gasteiger partial charge in [-0.3, -0.25) is 0 Å². The van der Waals surface area contributed by atoms with Crippen molar-refractivity contribution in [2.45, 2.75) is 50.7 Å². The predicted molar refractivity (Wildman–Crippen MR) is 54.3 cm³/mol. The Kier molecular flexibility index (Phi) is 3.77. The van der Waals surface area contributed by atoms with E-state index in [9.17, 15) is 0 Å². The van der Waals surface area contributed by atoms with Gasteiger partial charge < -0.3 is 10.5 Å². The van der Waals surface area contributed by atoms with Crippen molar-refractivity contribution in [2.75, 3.05) is 6.61 Å². The minimum Gasteiger partial charge on any atom is -0.374 e. The van der Waals surface area contributed by atoms with Crippen LogP contribution in [0.2, 0.25) is 0 Å². The lowest BCUT2D eigenvalue weighted by Gasteiger charge is -2.30. The molecule has 74 valence electrons. The summed E-state index contributed by atoms with van der Waals surface area (Å²) in [5.41, 5.74) is 5.97. The highest BCUT2D eigenvalue weighted by Gasteiger charge is 2.35. The molecule has 1 heterocycles. The highest BCUT2D eigenvalue weighted by atomic mass is 16.5. The zero-order chi connectivity index (χ0) is 9.73. The zero-order valence-corrected chi connectivity index (χ0v) is 8.38. The van der Waals surface area contributed by atoms with Crippen molar-refractivity contribution < 1.29 is 4.74 Å². The average Bonchev–Trinajstić information content (AvgIpc) is 2.54. The standard InChI is InChI=1S/C11H19NO/c1-3-4-5-7-10(12)11(2)8-6-9-13-11/h1,10H,4-9,12H2,2H3. The molecule has 0 radical (unpaired) electrons. The molecule has 1 fully saturated rings. The first kappa shape index (κ1) is 10.6. The summed E-state index contributed by atoms with van der Waals surface area (Å²) in [5, 5.41) is 0. The molecule has 0 saturated carbocycles. The van der Waals surface area contributed by atoms with E-state index in [-0.39, 0.29) is 11.6 Å². The van der Waals surface area contributed by atoms with Gasteiger partial charge in [0.05, 0.1) is 5.60 Å². The largest absolute Gasteiger partial charge is 0.374 e. The Morgan fingerprint density at radius 3 is 3.00 bits per heavy atom. The Hall–Kier alpha value is -0.520. The van der Waals surface area contributed by atoms with E-state index in [1.165, 1.54) is 0 Å². The molecule has 1 rings (SSSR count). The third-order valence-corrected chi connectivity index (χ3v) is 2.87. The molecule has 0 aromatic heterocycles. The highest BCUT2D eigenvalue weighted by molar-refractivity contribution is 4.91. The Morgan fingerprint density at radius 2 is 2.46 bits per heavy atom. The Bertz CT molecular complexity index is 189. The number of hydrogen-bond donors (Lipinski definition) is 1. The van der Waals surface area contributed by atoms with Crippen LogP contribution in [0.25, 0.3) is 0 Å². The number of ether oxygens (including phenoxy) is 1. The van der Waals surface area contributed by atoms with E-state index in [0.717, 1.165) is 38.7 Å². The minimum atomic E-state index is -0.0887. The van der Waals surface area contributed by atoms with Gasteiger partial charge in [-0.1, -0.05) is 0 Å². The maximum Gasteiger partial charge on any atom is 0.0805 e. The van der Waals surface area contributed by atoms with Crippen molar-refractivity contribution >= 4 is 0 Å². The van der Waals surface area contributed by atoms with Gasteiger partial charge >= 0.3 is 0 Å². The molecule has 13 heavy (non-hydrogen) atoms. The van der Waals surface area contributed by atoms with Crippen LogP contribution in [0, 0.1) is 12.3 Å². The van der Waals surface area contributed by atoms with Crippen molar-refractivity contribution in [3.8, 4) is 12.3 Å². The molecule has 2 atom stereocenters. The van der Waals surface area contributed by atoms with E-state index in [2.05, 4.69) is 12.8 Å². The van der Waals surface area contributed by atoms with Gasteiger partial charge in [-0.05, 0) is 32.6 Å². The summed E-state index contributed by atoms with van der Waals surface area (Å²) < 4.78 is 5.66. The van der Waals surface area contributed by atoms with E-state index in [4.69, 9.17) is 16.9 Å². The van der Waals surface area contributed by atoms with Gasteiger partial charge in [-0.25, -0.2) is 0 Å². The predicted octanol–water partition coefficient (Wildman–Crippen LogP) is 1.69. The topological polar surface area (TPSA) is 35.2 Å². The van der Waals surface area contributed by atoms with Crippen LogP contribution < -0.4 is 5.73 Å². The van der Waals surface area contributed by atoms with Gasteiger partial charge in [0.25, 0.3) is 0 Å². The van der Waals surface area contributed by atoms with Crippen molar-refractivity contribution in [1.82, 2.24) is 0 Å². The molecule has 1 aliphatic rings. The first-order chi connectivity index (χ1) is 6.19. The second-order valence-electron chi connectivity index (χ2n) is 3.97. The summed E-state index contributed by atoms with van der Waals surface area (Å²) in [6.07, 6.45) is 10.2. The maximum atomic E-state index is 6.06. The normalized spacial score (nSPS) is 29.9.